The third-order valence-electron chi connectivity index (χ3n) is 6.22. The fraction of sp³-hybridized carbons (Fsp3) is 0.517. The van der Waals surface area contributed by atoms with Crippen LogP contribution in [-0.4, -0.2) is 42.0 Å². The summed E-state index contributed by atoms with van der Waals surface area (Å²) in [7, 11) is 0. The van der Waals surface area contributed by atoms with Gasteiger partial charge in [0, 0.05) is 19.0 Å². The van der Waals surface area contributed by atoms with Gasteiger partial charge < -0.3 is 19.7 Å². The molecular weight excluding hydrogens is 440 g/mol. The minimum atomic E-state index is -0.518. The Morgan fingerprint density at radius 1 is 0.943 bits per heavy atom. The Morgan fingerprint density at radius 3 is 2.26 bits per heavy atom. The van der Waals surface area contributed by atoms with Crippen LogP contribution in [0.25, 0.3) is 0 Å². The summed E-state index contributed by atoms with van der Waals surface area (Å²) in [5, 5.41) is 3.07. The first-order valence-corrected chi connectivity index (χ1v) is 12.9. The van der Waals surface area contributed by atoms with E-state index in [1.54, 1.807) is 4.90 Å². The number of ether oxygens (including phenoxy) is 2. The predicted molar refractivity (Wildman–Crippen MR) is 141 cm³/mol. The fourth-order valence-electron chi connectivity index (χ4n) is 3.98. The summed E-state index contributed by atoms with van der Waals surface area (Å²) in [6.45, 7) is 13.4. The molecule has 0 aromatic heterocycles. The number of rotatable bonds is 14. The number of hydrogen-bond donors (Lipinski definition) is 1. The van der Waals surface area contributed by atoms with Crippen molar-refractivity contribution in [2.24, 2.45) is 0 Å². The number of benzene rings is 2. The molecule has 6 nitrogen and oxygen atoms in total. The van der Waals surface area contributed by atoms with Crippen LogP contribution in [0.5, 0.6) is 11.5 Å². The summed E-state index contributed by atoms with van der Waals surface area (Å²) in [4.78, 5) is 28.4. The number of hydrogen-bond acceptors (Lipinski definition) is 4. The van der Waals surface area contributed by atoms with Crippen LogP contribution < -0.4 is 14.8 Å². The molecule has 35 heavy (non-hydrogen) atoms. The van der Waals surface area contributed by atoms with Gasteiger partial charge in [-0.1, -0.05) is 44.2 Å². The van der Waals surface area contributed by atoms with Crippen LogP contribution >= 0.6 is 0 Å². The molecule has 6 heteroatoms. The molecule has 0 saturated heterocycles. The Bertz CT molecular complexity index is 959. The largest absolute Gasteiger partial charge is 0.490 e. The van der Waals surface area contributed by atoms with Crippen molar-refractivity contribution in [3.8, 4) is 11.5 Å². The number of amides is 2. The smallest absolute Gasteiger partial charge is 0.243 e. The van der Waals surface area contributed by atoms with E-state index in [1.165, 1.54) is 0 Å². The van der Waals surface area contributed by atoms with Gasteiger partial charge in [0.1, 0.15) is 6.04 Å². The zero-order chi connectivity index (χ0) is 25.8. The van der Waals surface area contributed by atoms with Crippen molar-refractivity contribution >= 4 is 11.8 Å². The Labute approximate surface area is 211 Å². The van der Waals surface area contributed by atoms with E-state index < -0.39 is 6.04 Å². The van der Waals surface area contributed by atoms with Gasteiger partial charge in [-0.05, 0) is 75.8 Å². The Kier molecular flexibility index (Phi) is 11.6. The minimum Gasteiger partial charge on any atom is -0.490 e. The summed E-state index contributed by atoms with van der Waals surface area (Å²) in [6, 6.07) is 13.4. The second-order valence-corrected chi connectivity index (χ2v) is 8.84. The number of carbonyl (C=O) groups is 2. The second-order valence-electron chi connectivity index (χ2n) is 8.84. The average molecular weight is 483 g/mol. The van der Waals surface area contributed by atoms with Crippen LogP contribution in [0, 0.1) is 6.92 Å². The van der Waals surface area contributed by atoms with Crippen molar-refractivity contribution in [2.45, 2.75) is 85.9 Å². The molecule has 0 fully saturated rings. The van der Waals surface area contributed by atoms with Crippen LogP contribution in [0.3, 0.4) is 0 Å². The van der Waals surface area contributed by atoms with Gasteiger partial charge in [-0.15, -0.1) is 0 Å². The van der Waals surface area contributed by atoms with Crippen molar-refractivity contribution in [3.05, 3.63) is 59.2 Å². The SMILES string of the molecule is CCOc1ccc(CCC(=O)N(Cc2ccccc2C)[C@H](CC)C(=O)N[C@@H](C)CC)cc1OCC. The zero-order valence-corrected chi connectivity index (χ0v) is 22.2. The van der Waals surface area contributed by atoms with Gasteiger partial charge in [0.2, 0.25) is 11.8 Å². The molecule has 2 aromatic rings. The monoisotopic (exact) mass is 482 g/mol. The normalized spacial score (nSPS) is 12.5. The van der Waals surface area contributed by atoms with Gasteiger partial charge in [-0.3, -0.25) is 9.59 Å². The van der Waals surface area contributed by atoms with Crippen molar-refractivity contribution in [3.63, 3.8) is 0 Å². The maximum Gasteiger partial charge on any atom is 0.243 e. The lowest BCUT2D eigenvalue weighted by Gasteiger charge is -2.32. The summed E-state index contributed by atoms with van der Waals surface area (Å²) in [6.07, 6.45) is 2.25. The van der Waals surface area contributed by atoms with Crippen LogP contribution in [0.4, 0.5) is 0 Å². The van der Waals surface area contributed by atoms with Crippen molar-refractivity contribution in [1.29, 1.82) is 0 Å². The lowest BCUT2D eigenvalue weighted by atomic mass is 10.0. The standard InChI is InChI=1S/C29H42N2O4/c1-7-22(6)30-29(33)25(8-2)31(20-24-14-12-11-13-21(24)5)28(32)18-16-23-15-17-26(34-9-3)27(19-23)35-10-4/h11-15,17,19,22,25H,7-10,16,18,20H2,1-6H3,(H,30,33)/t22-,25+/m0/s1. The van der Waals surface area contributed by atoms with Crippen molar-refractivity contribution < 1.29 is 19.1 Å². The molecule has 2 aromatic carbocycles. The predicted octanol–water partition coefficient (Wildman–Crippen LogP) is 5.45. The van der Waals surface area contributed by atoms with Crippen LogP contribution in [0.1, 0.15) is 70.6 Å². The molecule has 0 aliphatic rings. The van der Waals surface area contributed by atoms with Gasteiger partial charge in [-0.25, -0.2) is 0 Å². The quantitative estimate of drug-likeness (QED) is 0.389. The maximum absolute atomic E-state index is 13.6. The Morgan fingerprint density at radius 2 is 1.63 bits per heavy atom. The van der Waals surface area contributed by atoms with E-state index in [0.29, 0.717) is 50.5 Å². The van der Waals surface area contributed by atoms with E-state index in [2.05, 4.69) is 5.32 Å². The molecule has 0 aliphatic heterocycles. The molecule has 192 valence electrons. The topological polar surface area (TPSA) is 67.9 Å². The van der Waals surface area contributed by atoms with Gasteiger partial charge in [0.15, 0.2) is 11.5 Å². The van der Waals surface area contributed by atoms with E-state index >= 15 is 0 Å². The van der Waals surface area contributed by atoms with Gasteiger partial charge in [0.05, 0.1) is 13.2 Å². The lowest BCUT2D eigenvalue weighted by Crippen LogP contribution is -2.50. The lowest BCUT2D eigenvalue weighted by molar-refractivity contribution is -0.141. The minimum absolute atomic E-state index is 0.0359. The molecule has 2 amide bonds. The molecule has 0 heterocycles. The van der Waals surface area contributed by atoms with Crippen LogP contribution in [0.15, 0.2) is 42.5 Å². The Hall–Kier alpha value is -3.02. The molecule has 0 aliphatic carbocycles. The molecular formula is C29H42N2O4. The van der Waals surface area contributed by atoms with E-state index in [-0.39, 0.29) is 17.9 Å². The first-order valence-electron chi connectivity index (χ1n) is 12.9. The molecule has 1 N–H and O–H groups in total. The highest BCUT2D eigenvalue weighted by Crippen LogP contribution is 2.29. The van der Waals surface area contributed by atoms with E-state index in [1.807, 2.05) is 84.0 Å². The highest BCUT2D eigenvalue weighted by atomic mass is 16.5. The van der Waals surface area contributed by atoms with E-state index in [4.69, 9.17) is 9.47 Å². The maximum atomic E-state index is 13.6. The summed E-state index contributed by atoms with van der Waals surface area (Å²) < 4.78 is 11.4. The first-order chi connectivity index (χ1) is 16.8. The fourth-order valence-corrected chi connectivity index (χ4v) is 3.98. The molecule has 0 saturated carbocycles. The average Bonchev–Trinajstić information content (AvgIpc) is 2.85. The Balaban J connectivity index is 2.25. The number of nitrogens with one attached hydrogen (secondary N) is 1. The molecule has 0 unspecified atom stereocenters. The van der Waals surface area contributed by atoms with Gasteiger partial charge >= 0.3 is 0 Å². The number of nitrogens with zero attached hydrogens (tertiary/aromatic N) is 1. The van der Waals surface area contributed by atoms with E-state index in [9.17, 15) is 9.59 Å². The molecule has 0 bridgehead atoms. The summed E-state index contributed by atoms with van der Waals surface area (Å²) in [5.74, 6) is 1.27. The number of aryl methyl sites for hydroxylation is 2. The van der Waals surface area contributed by atoms with Crippen molar-refractivity contribution in [1.82, 2.24) is 10.2 Å². The van der Waals surface area contributed by atoms with Gasteiger partial charge in [-0.2, -0.15) is 0 Å². The zero-order valence-electron chi connectivity index (χ0n) is 22.2. The second kappa shape index (κ2) is 14.4. The number of carbonyl (C=O) groups excluding carboxylic acids is 2. The van der Waals surface area contributed by atoms with Gasteiger partial charge in [0.25, 0.3) is 0 Å². The third kappa shape index (κ3) is 8.30. The highest BCUT2D eigenvalue weighted by Gasteiger charge is 2.29. The molecule has 0 radical (unpaired) electrons. The molecule has 2 rings (SSSR count). The van der Waals surface area contributed by atoms with E-state index in [0.717, 1.165) is 23.1 Å². The van der Waals surface area contributed by atoms with Crippen molar-refractivity contribution in [2.75, 3.05) is 13.2 Å². The first kappa shape index (κ1) is 28.2. The summed E-state index contributed by atoms with van der Waals surface area (Å²) in [5.41, 5.74) is 3.16. The summed E-state index contributed by atoms with van der Waals surface area (Å²) >= 11 is 0. The van der Waals surface area contributed by atoms with Crippen LogP contribution in [0.2, 0.25) is 0 Å². The van der Waals surface area contributed by atoms with Crippen LogP contribution in [-0.2, 0) is 22.6 Å². The third-order valence-corrected chi connectivity index (χ3v) is 6.22. The molecule has 0 spiro atoms. The highest BCUT2D eigenvalue weighted by molar-refractivity contribution is 5.88. The molecule has 2 atom stereocenters.